The van der Waals surface area contributed by atoms with Crippen molar-refractivity contribution in [2.75, 3.05) is 32.7 Å². The molecule has 8 nitrogen and oxygen atoms in total. The highest BCUT2D eigenvalue weighted by Crippen LogP contribution is 2.26. The molecule has 0 aliphatic carbocycles. The third-order valence-corrected chi connectivity index (χ3v) is 4.70. The highest BCUT2D eigenvalue weighted by atomic mass is 16.3. The number of phenols is 1. The van der Waals surface area contributed by atoms with Crippen molar-refractivity contribution in [1.82, 2.24) is 14.8 Å². The van der Waals surface area contributed by atoms with Crippen LogP contribution < -0.4 is 11.5 Å². The average Bonchev–Trinajstić information content (AvgIpc) is 2.69. The Morgan fingerprint density at radius 2 is 1.85 bits per heavy atom. The second kappa shape index (κ2) is 7.67. The number of nitrogens with two attached hydrogens (primary N) is 2. The number of piperazine rings is 1. The van der Waals surface area contributed by atoms with Crippen molar-refractivity contribution in [1.29, 1.82) is 0 Å². The molecule has 0 spiro atoms. The zero-order valence-corrected chi connectivity index (χ0v) is 14.5. The van der Waals surface area contributed by atoms with E-state index >= 15 is 0 Å². The molecule has 3 rings (SSSR count). The van der Waals surface area contributed by atoms with E-state index < -0.39 is 6.04 Å². The molecule has 0 bridgehead atoms. The van der Waals surface area contributed by atoms with Crippen LogP contribution in [0.3, 0.4) is 0 Å². The van der Waals surface area contributed by atoms with E-state index in [4.69, 9.17) is 11.5 Å². The topological polar surface area (TPSA) is 126 Å². The van der Waals surface area contributed by atoms with Gasteiger partial charge in [-0.05, 0) is 17.7 Å². The molecule has 1 unspecified atom stereocenters. The van der Waals surface area contributed by atoms with Crippen LogP contribution in [0, 0.1) is 0 Å². The summed E-state index contributed by atoms with van der Waals surface area (Å²) in [5, 5.41) is 10.7. The first-order valence-electron chi connectivity index (χ1n) is 8.59. The SMILES string of the molecule is NCC(N)C(=O)N1CCN(C(=O)Cc2ccc(O)c3ncccc23)CC1. The van der Waals surface area contributed by atoms with Crippen molar-refractivity contribution in [3.8, 4) is 5.75 Å². The van der Waals surface area contributed by atoms with Crippen LogP contribution in [0.15, 0.2) is 30.5 Å². The molecule has 0 radical (unpaired) electrons. The summed E-state index contributed by atoms with van der Waals surface area (Å²) in [4.78, 5) is 32.3. The fourth-order valence-electron chi connectivity index (χ4n) is 3.16. The lowest BCUT2D eigenvalue weighted by molar-refractivity contribution is -0.139. The molecule has 5 N–H and O–H groups in total. The van der Waals surface area contributed by atoms with Gasteiger partial charge in [-0.3, -0.25) is 14.6 Å². The third-order valence-electron chi connectivity index (χ3n) is 4.70. The molecule has 1 aliphatic rings. The number of hydrogen-bond acceptors (Lipinski definition) is 6. The maximum Gasteiger partial charge on any atom is 0.240 e. The number of carbonyl (C=O) groups is 2. The molecule has 138 valence electrons. The Kier molecular flexibility index (Phi) is 5.34. The Labute approximate surface area is 151 Å². The van der Waals surface area contributed by atoms with Crippen LogP contribution in [-0.4, -0.2) is 70.5 Å². The summed E-state index contributed by atoms with van der Waals surface area (Å²) >= 11 is 0. The number of carbonyl (C=O) groups excluding carboxylic acids is 2. The number of fused-ring (bicyclic) bond motifs is 1. The van der Waals surface area contributed by atoms with Crippen molar-refractivity contribution in [3.63, 3.8) is 0 Å². The number of amides is 2. The molecule has 0 saturated carbocycles. The van der Waals surface area contributed by atoms with Crippen molar-refractivity contribution in [2.24, 2.45) is 11.5 Å². The molecule has 1 aliphatic heterocycles. The lowest BCUT2D eigenvalue weighted by Gasteiger charge is -2.35. The predicted molar refractivity (Wildman–Crippen MR) is 97.3 cm³/mol. The Morgan fingerprint density at radius 3 is 2.54 bits per heavy atom. The minimum absolute atomic E-state index is 0.0175. The first-order chi connectivity index (χ1) is 12.5. The number of benzene rings is 1. The largest absolute Gasteiger partial charge is 0.506 e. The number of phenolic OH excluding ortho intramolecular Hbond substituents is 1. The number of nitrogens with zero attached hydrogens (tertiary/aromatic N) is 3. The second-order valence-electron chi connectivity index (χ2n) is 6.37. The lowest BCUT2D eigenvalue weighted by Crippen LogP contribution is -2.55. The minimum Gasteiger partial charge on any atom is -0.506 e. The van der Waals surface area contributed by atoms with Crippen LogP contribution in [0.2, 0.25) is 0 Å². The van der Waals surface area contributed by atoms with Gasteiger partial charge in [0.05, 0.1) is 12.5 Å². The molecule has 26 heavy (non-hydrogen) atoms. The van der Waals surface area contributed by atoms with E-state index in [-0.39, 0.29) is 30.5 Å². The second-order valence-corrected chi connectivity index (χ2v) is 6.37. The van der Waals surface area contributed by atoms with Crippen molar-refractivity contribution >= 4 is 22.7 Å². The van der Waals surface area contributed by atoms with Crippen molar-refractivity contribution in [2.45, 2.75) is 12.5 Å². The third kappa shape index (κ3) is 3.61. The van der Waals surface area contributed by atoms with Gasteiger partial charge in [-0.15, -0.1) is 0 Å². The van der Waals surface area contributed by atoms with Crippen LogP contribution in [0.1, 0.15) is 5.56 Å². The van der Waals surface area contributed by atoms with Gasteiger partial charge in [-0.25, -0.2) is 0 Å². The Bertz CT molecular complexity index is 818. The first-order valence-corrected chi connectivity index (χ1v) is 8.59. The Morgan fingerprint density at radius 1 is 1.15 bits per heavy atom. The van der Waals surface area contributed by atoms with Gasteiger partial charge in [0.15, 0.2) is 0 Å². The average molecular weight is 357 g/mol. The van der Waals surface area contributed by atoms with Gasteiger partial charge in [0, 0.05) is 44.3 Å². The van der Waals surface area contributed by atoms with E-state index in [0.29, 0.717) is 31.7 Å². The van der Waals surface area contributed by atoms with E-state index in [2.05, 4.69) is 4.98 Å². The van der Waals surface area contributed by atoms with Gasteiger partial charge >= 0.3 is 0 Å². The van der Waals surface area contributed by atoms with E-state index in [1.807, 2.05) is 6.07 Å². The number of hydrogen-bond donors (Lipinski definition) is 3. The highest BCUT2D eigenvalue weighted by molar-refractivity contribution is 5.91. The number of aromatic hydroxyl groups is 1. The molecule has 2 amide bonds. The van der Waals surface area contributed by atoms with Crippen LogP contribution >= 0.6 is 0 Å². The zero-order valence-electron chi connectivity index (χ0n) is 14.5. The van der Waals surface area contributed by atoms with Crippen LogP contribution in [0.4, 0.5) is 0 Å². The maximum atomic E-state index is 12.7. The van der Waals surface area contributed by atoms with E-state index in [1.54, 1.807) is 34.2 Å². The minimum atomic E-state index is -0.687. The zero-order chi connectivity index (χ0) is 18.7. The molecule has 1 saturated heterocycles. The Hall–Kier alpha value is -2.71. The summed E-state index contributed by atoms with van der Waals surface area (Å²) in [5.41, 5.74) is 12.4. The summed E-state index contributed by atoms with van der Waals surface area (Å²) in [6, 6.07) is 6.24. The molecule has 1 atom stereocenters. The van der Waals surface area contributed by atoms with Gasteiger partial charge in [0.25, 0.3) is 0 Å². The quantitative estimate of drug-likeness (QED) is 0.673. The van der Waals surface area contributed by atoms with Crippen molar-refractivity contribution in [3.05, 3.63) is 36.0 Å². The highest BCUT2D eigenvalue weighted by Gasteiger charge is 2.26. The lowest BCUT2D eigenvalue weighted by atomic mass is 10.0. The van der Waals surface area contributed by atoms with Gasteiger partial charge in [-0.2, -0.15) is 0 Å². The van der Waals surface area contributed by atoms with Gasteiger partial charge in [-0.1, -0.05) is 12.1 Å². The van der Waals surface area contributed by atoms with Crippen LogP contribution in [0.5, 0.6) is 5.75 Å². The predicted octanol–water partition coefficient (Wildman–Crippen LogP) is -0.560. The summed E-state index contributed by atoms with van der Waals surface area (Å²) in [6.07, 6.45) is 1.83. The molecular formula is C18H23N5O3. The first kappa shape index (κ1) is 18.1. The standard InChI is InChI=1S/C18H23N5O3/c19-11-14(20)18(26)23-8-6-22(7-9-23)16(25)10-12-3-4-15(24)17-13(12)2-1-5-21-17/h1-5,14,24H,6-11,19-20H2. The maximum absolute atomic E-state index is 12.7. The summed E-state index contributed by atoms with van der Waals surface area (Å²) in [5.74, 6) is -0.0913. The molecule has 1 aromatic heterocycles. The van der Waals surface area contributed by atoms with Gasteiger partial charge < -0.3 is 26.4 Å². The summed E-state index contributed by atoms with van der Waals surface area (Å²) < 4.78 is 0. The summed E-state index contributed by atoms with van der Waals surface area (Å²) in [7, 11) is 0. The molecule has 1 fully saturated rings. The van der Waals surface area contributed by atoms with E-state index in [9.17, 15) is 14.7 Å². The smallest absolute Gasteiger partial charge is 0.240 e. The monoisotopic (exact) mass is 357 g/mol. The molecule has 1 aromatic carbocycles. The van der Waals surface area contributed by atoms with Crippen LogP contribution in [-0.2, 0) is 16.0 Å². The van der Waals surface area contributed by atoms with Gasteiger partial charge in [0.1, 0.15) is 11.3 Å². The van der Waals surface area contributed by atoms with E-state index in [1.165, 1.54) is 0 Å². The molecule has 2 heterocycles. The number of rotatable bonds is 4. The van der Waals surface area contributed by atoms with Crippen molar-refractivity contribution < 1.29 is 14.7 Å². The Balaban J connectivity index is 1.65. The molecule has 8 heteroatoms. The molecule has 2 aromatic rings. The van der Waals surface area contributed by atoms with E-state index in [0.717, 1.165) is 10.9 Å². The normalized spacial score (nSPS) is 15.9. The number of aromatic nitrogens is 1. The van der Waals surface area contributed by atoms with Gasteiger partial charge in [0.2, 0.25) is 11.8 Å². The fraction of sp³-hybridized carbons (Fsp3) is 0.389. The fourth-order valence-corrected chi connectivity index (χ4v) is 3.16. The number of pyridine rings is 1. The summed E-state index contributed by atoms with van der Waals surface area (Å²) in [6.45, 7) is 1.96. The molecular weight excluding hydrogens is 334 g/mol. The van der Waals surface area contributed by atoms with Crippen LogP contribution in [0.25, 0.3) is 10.9 Å².